The maximum absolute atomic E-state index is 12.6. The summed E-state index contributed by atoms with van der Waals surface area (Å²) in [6.45, 7) is 11.0. The number of anilines is 4. The summed E-state index contributed by atoms with van der Waals surface area (Å²) in [7, 11) is -3.55. The lowest BCUT2D eigenvalue weighted by atomic mass is 9.99. The molecule has 10 rings (SSSR count). The van der Waals surface area contributed by atoms with E-state index in [9.17, 15) is 26.4 Å². The molecule has 6 N–H and O–H groups in total. The molecule has 2 fully saturated rings. The number of nitrogens with one attached hydrogen (secondary N) is 4. The first-order valence-electron chi connectivity index (χ1n) is 24.5. The number of ether oxygens (including phenoxy) is 1. The number of H-pyrrole nitrogens is 1. The lowest BCUT2D eigenvalue weighted by Gasteiger charge is -2.18. The number of aryl methyl sites for hydroxylation is 4. The molecule has 376 valence electrons. The summed E-state index contributed by atoms with van der Waals surface area (Å²) < 4.78 is 58.6. The molecule has 4 heterocycles. The molecular weight excluding hydrogens is 960 g/mol. The fraction of sp³-hybridized carbons (Fsp3) is 0.609. The highest BCUT2D eigenvalue weighted by Gasteiger charge is 2.29. The fourth-order valence-electron chi connectivity index (χ4n) is 10.1. The molecular formula is C46H67ClN12O7S2Si. The second-order valence-corrected chi connectivity index (χ2v) is 29.6. The standard InChI is InChI=1S/C20H29ClN4O3SSi.C20H26N6O3S.C6H12N2O/c1-30(2,3)11-10-28-13-25-19(23-20(24-25)29(21,26)27)22-18-16-8-4-6-14(16)12-15-7-5-9-17(15)18;27-17-8-3-10-26(17)11-9-21-30(28,29)20-23-19(24-25-20)22-18-15-6-1-4-13(15)12-14-5-2-7-16(14)18;7-3-5-8-4-1-2-6(8)9/h12H,4-11,13H2,1-3H3,(H,22,23,24);12,21H,1-11H2,(H2,22,23,24,25);1-5,7H2. The van der Waals surface area contributed by atoms with E-state index >= 15 is 0 Å². The van der Waals surface area contributed by atoms with Crippen molar-refractivity contribution in [1.82, 2.24) is 44.5 Å². The van der Waals surface area contributed by atoms with Crippen LogP contribution in [-0.4, -0.2) is 122 Å². The fourth-order valence-corrected chi connectivity index (χ4v) is 12.4. The number of benzene rings is 2. The Labute approximate surface area is 410 Å². The van der Waals surface area contributed by atoms with E-state index in [1.165, 1.54) is 49.2 Å². The molecule has 2 amide bonds. The number of halogens is 1. The molecule has 2 aliphatic heterocycles. The smallest absolute Gasteiger partial charge is 0.298 e. The van der Waals surface area contributed by atoms with E-state index in [0.717, 1.165) is 127 Å². The van der Waals surface area contributed by atoms with Gasteiger partial charge in [-0.25, -0.2) is 31.3 Å². The van der Waals surface area contributed by atoms with Crippen molar-refractivity contribution in [3.8, 4) is 0 Å². The topological polar surface area (TPSA) is 253 Å². The minimum Gasteiger partial charge on any atom is -0.359 e. The van der Waals surface area contributed by atoms with Crippen LogP contribution in [0.15, 0.2) is 22.4 Å². The van der Waals surface area contributed by atoms with Crippen LogP contribution in [0.5, 0.6) is 0 Å². The molecule has 0 unspecified atom stereocenters. The minimum absolute atomic E-state index is 0.0725. The van der Waals surface area contributed by atoms with Crippen LogP contribution in [0.25, 0.3) is 0 Å². The maximum atomic E-state index is 12.6. The average molecular weight is 1030 g/mol. The van der Waals surface area contributed by atoms with Crippen molar-refractivity contribution in [3.63, 3.8) is 0 Å². The highest BCUT2D eigenvalue weighted by atomic mass is 35.7. The molecule has 19 nitrogen and oxygen atoms in total. The first-order valence-corrected chi connectivity index (χ1v) is 32.0. The molecule has 6 aliphatic rings. The molecule has 4 aliphatic carbocycles. The van der Waals surface area contributed by atoms with Crippen molar-refractivity contribution in [2.75, 3.05) is 56.5 Å². The number of fused-ring (bicyclic) bond motifs is 4. The Bertz CT molecular complexity index is 2700. The number of nitrogens with zero attached hydrogens (tertiary/aromatic N) is 7. The first-order chi connectivity index (χ1) is 33.0. The monoisotopic (exact) mass is 1030 g/mol. The Hall–Kier alpha value is -4.45. The number of rotatable bonds is 17. The van der Waals surface area contributed by atoms with Crippen LogP contribution in [0.2, 0.25) is 25.7 Å². The predicted octanol–water partition coefficient (Wildman–Crippen LogP) is 5.23. The zero-order valence-corrected chi connectivity index (χ0v) is 43.5. The van der Waals surface area contributed by atoms with Gasteiger partial charge in [0.2, 0.25) is 23.7 Å². The lowest BCUT2D eigenvalue weighted by molar-refractivity contribution is -0.128. The van der Waals surface area contributed by atoms with Crippen LogP contribution in [0.1, 0.15) is 95.9 Å². The Kier molecular flexibility index (Phi) is 16.2. The van der Waals surface area contributed by atoms with E-state index in [4.69, 9.17) is 21.2 Å². The predicted molar refractivity (Wildman–Crippen MR) is 267 cm³/mol. The first kappa shape index (κ1) is 50.9. The number of carbonyl (C=O) groups excluding carboxylic acids is 2. The summed E-state index contributed by atoms with van der Waals surface area (Å²) in [6, 6.07) is 5.72. The van der Waals surface area contributed by atoms with Crippen LogP contribution in [0.3, 0.4) is 0 Å². The lowest BCUT2D eigenvalue weighted by Crippen LogP contribution is -2.35. The summed E-state index contributed by atoms with van der Waals surface area (Å²) in [5, 5.41) is 16.8. The van der Waals surface area contributed by atoms with Crippen molar-refractivity contribution in [3.05, 3.63) is 56.6 Å². The number of aromatic nitrogens is 6. The summed E-state index contributed by atoms with van der Waals surface area (Å²) >= 11 is 0. The zero-order valence-electron chi connectivity index (χ0n) is 40.1. The van der Waals surface area contributed by atoms with Gasteiger partial charge in [0.1, 0.15) is 6.73 Å². The molecule has 23 heteroatoms. The van der Waals surface area contributed by atoms with Crippen LogP contribution >= 0.6 is 10.7 Å². The van der Waals surface area contributed by atoms with E-state index in [1.54, 1.807) is 4.90 Å². The summed E-state index contributed by atoms with van der Waals surface area (Å²) in [4.78, 5) is 34.4. The van der Waals surface area contributed by atoms with Gasteiger partial charge in [0.25, 0.3) is 29.4 Å². The molecule has 2 saturated heterocycles. The van der Waals surface area contributed by atoms with Crippen molar-refractivity contribution < 1.29 is 31.2 Å². The quantitative estimate of drug-likeness (QED) is 0.0516. The van der Waals surface area contributed by atoms with Gasteiger partial charge in [-0.1, -0.05) is 31.8 Å². The normalized spacial score (nSPS) is 17.3. The highest BCUT2D eigenvalue weighted by Crippen LogP contribution is 2.41. The van der Waals surface area contributed by atoms with Gasteiger partial charge in [0, 0.05) is 88.8 Å². The van der Waals surface area contributed by atoms with E-state index in [1.807, 2.05) is 4.90 Å². The second kappa shape index (κ2) is 21.9. The maximum Gasteiger partial charge on any atom is 0.298 e. The number of hydrogen-bond acceptors (Lipinski definition) is 14. The van der Waals surface area contributed by atoms with Gasteiger partial charge in [0.15, 0.2) is 0 Å². The summed E-state index contributed by atoms with van der Waals surface area (Å²) in [5.74, 6) is 0.958. The highest BCUT2D eigenvalue weighted by molar-refractivity contribution is 8.13. The van der Waals surface area contributed by atoms with Gasteiger partial charge < -0.3 is 30.9 Å². The zero-order chi connectivity index (χ0) is 48.9. The molecule has 0 radical (unpaired) electrons. The number of aromatic amines is 1. The second-order valence-electron chi connectivity index (χ2n) is 19.8. The Morgan fingerprint density at radius 3 is 1.72 bits per heavy atom. The Morgan fingerprint density at radius 2 is 1.25 bits per heavy atom. The van der Waals surface area contributed by atoms with Crippen LogP contribution in [0.4, 0.5) is 23.3 Å². The van der Waals surface area contributed by atoms with Crippen molar-refractivity contribution in [1.29, 1.82) is 0 Å². The molecule has 69 heavy (non-hydrogen) atoms. The summed E-state index contributed by atoms with van der Waals surface area (Å²) in [6.07, 6.45) is 16.1. The van der Waals surface area contributed by atoms with Gasteiger partial charge in [-0.05, 0) is 140 Å². The molecule has 0 spiro atoms. The minimum atomic E-state index is -4.03. The Balaban J connectivity index is 0.000000158. The van der Waals surface area contributed by atoms with Crippen molar-refractivity contribution in [2.24, 2.45) is 5.73 Å². The van der Waals surface area contributed by atoms with Crippen LogP contribution in [-0.2, 0) is 91.5 Å². The third kappa shape index (κ3) is 12.5. The Morgan fingerprint density at radius 1 is 0.725 bits per heavy atom. The number of sulfonamides is 1. The molecule has 0 saturated carbocycles. The SMILES string of the molecule is C[Si](C)(C)CCOCn1nc(S(=O)(=O)Cl)nc1Nc1c2c(cc3c1CCC3)CCC2.NCCN1CCCC1=O.O=C1CCCN1CCNS(=O)(=O)c1nc(Nc2c3c(cc4c2CCC4)CCC3)n[nH]1. The van der Waals surface area contributed by atoms with Crippen molar-refractivity contribution in [2.45, 2.75) is 145 Å². The molecule has 2 aromatic heterocycles. The number of amides is 2. The molecule has 0 bridgehead atoms. The van der Waals surface area contributed by atoms with Gasteiger partial charge in [-0.15, -0.1) is 10.2 Å². The number of carbonyl (C=O) groups is 2. The molecule has 0 atom stereocenters. The molecule has 4 aromatic rings. The van der Waals surface area contributed by atoms with Gasteiger partial charge >= 0.3 is 0 Å². The van der Waals surface area contributed by atoms with E-state index < -0.39 is 32.3 Å². The average Bonchev–Trinajstić information content (AvgIpc) is 4.13. The number of nitrogens with two attached hydrogens (primary N) is 1. The summed E-state index contributed by atoms with van der Waals surface area (Å²) in [5.41, 5.74) is 18.3. The molecule has 2 aromatic carbocycles. The van der Waals surface area contributed by atoms with E-state index in [0.29, 0.717) is 38.6 Å². The van der Waals surface area contributed by atoms with E-state index in [-0.39, 0.29) is 36.2 Å². The van der Waals surface area contributed by atoms with Crippen LogP contribution in [0, 0.1) is 0 Å². The van der Waals surface area contributed by atoms with Gasteiger partial charge in [-0.3, -0.25) is 9.59 Å². The largest absolute Gasteiger partial charge is 0.359 e. The third-order valence-corrected chi connectivity index (χ3v) is 17.6. The van der Waals surface area contributed by atoms with Crippen molar-refractivity contribution >= 4 is 72.9 Å². The van der Waals surface area contributed by atoms with Crippen LogP contribution < -0.4 is 21.1 Å². The van der Waals surface area contributed by atoms with Gasteiger partial charge in [0.05, 0.1) is 0 Å². The third-order valence-electron chi connectivity index (χ3n) is 13.6. The number of hydrogen-bond donors (Lipinski definition) is 5. The van der Waals surface area contributed by atoms with E-state index in [2.05, 4.69) is 72.4 Å². The van der Waals surface area contributed by atoms with Gasteiger partial charge in [-0.2, -0.15) is 9.97 Å². The number of likely N-dealkylation sites (tertiary alicyclic amines) is 2.